The van der Waals surface area contributed by atoms with Crippen LogP contribution < -0.4 is 4.90 Å². The van der Waals surface area contributed by atoms with Gasteiger partial charge in [-0.1, -0.05) is 146 Å². The van der Waals surface area contributed by atoms with Crippen LogP contribution in [0.2, 0.25) is 0 Å². The first-order chi connectivity index (χ1) is 27.2. The molecule has 11 rings (SSSR count). The second kappa shape index (κ2) is 12.6. The van der Waals surface area contributed by atoms with Crippen LogP contribution in [0, 0.1) is 0 Å². The Kier molecular flexibility index (Phi) is 7.17. The van der Waals surface area contributed by atoms with Crippen molar-refractivity contribution >= 4 is 71.7 Å². The summed E-state index contributed by atoms with van der Waals surface area (Å²) in [5.41, 5.74) is 13.3. The molecule has 9 aromatic carbocycles. The van der Waals surface area contributed by atoms with Gasteiger partial charge in [-0.05, 0) is 92.7 Å². The van der Waals surface area contributed by atoms with Gasteiger partial charge in [-0.2, -0.15) is 0 Å². The van der Waals surface area contributed by atoms with Crippen molar-refractivity contribution in [3.05, 3.63) is 200 Å². The van der Waals surface area contributed by atoms with Crippen LogP contribution in [0.3, 0.4) is 0 Å². The molecule has 3 nitrogen and oxygen atoms in total. The third kappa shape index (κ3) is 5.28. The number of hydrogen-bond acceptors (Lipinski definition) is 3. The van der Waals surface area contributed by atoms with Gasteiger partial charge in [0.2, 0.25) is 0 Å². The monoisotopic (exact) mass is 703 g/mol. The summed E-state index contributed by atoms with van der Waals surface area (Å²) in [5.74, 6) is 0. The van der Waals surface area contributed by atoms with Crippen molar-refractivity contribution in [1.29, 1.82) is 0 Å². The maximum Gasteiger partial charge on any atom is 0.141 e. The predicted octanol–water partition coefficient (Wildman–Crippen LogP) is 15.1. The van der Waals surface area contributed by atoms with Gasteiger partial charge in [-0.25, -0.2) is 0 Å². The Balaban J connectivity index is 1.16. The van der Waals surface area contributed by atoms with Gasteiger partial charge in [0, 0.05) is 28.2 Å². The van der Waals surface area contributed by atoms with Gasteiger partial charge in [-0.15, -0.1) is 0 Å². The number of fused-ring (bicyclic) bond motifs is 7. The van der Waals surface area contributed by atoms with Crippen molar-refractivity contribution in [3.63, 3.8) is 0 Å². The normalized spacial score (nSPS) is 11.6. The highest BCUT2D eigenvalue weighted by Gasteiger charge is 2.26. The Hall–Kier alpha value is -7.36. The zero-order chi connectivity index (χ0) is 36.3. The molecule has 0 bridgehead atoms. The van der Waals surface area contributed by atoms with Gasteiger partial charge >= 0.3 is 0 Å². The minimum absolute atomic E-state index is 0.784. The van der Waals surface area contributed by atoms with Crippen LogP contribution in [0.25, 0.3) is 88.0 Å². The lowest BCUT2D eigenvalue weighted by atomic mass is 9.97. The SMILES string of the molecule is c1ccc(-c2cccc(-c3cccc(N(c4ccc(-c5ccc6ccccc6c5)cc4)c4c5c(cc6oc7ccccc7c46)oc4ccccc45)c3)c2)cc1. The van der Waals surface area contributed by atoms with E-state index in [2.05, 4.69) is 181 Å². The molecule has 0 saturated heterocycles. The first-order valence-electron chi connectivity index (χ1n) is 18.7. The van der Waals surface area contributed by atoms with E-state index in [1.165, 1.54) is 27.5 Å². The van der Waals surface area contributed by atoms with E-state index in [1.54, 1.807) is 0 Å². The van der Waals surface area contributed by atoms with Crippen LogP contribution >= 0.6 is 0 Å². The minimum Gasteiger partial charge on any atom is -0.456 e. The average Bonchev–Trinajstić information content (AvgIpc) is 3.82. The molecule has 55 heavy (non-hydrogen) atoms. The Morgan fingerprint density at radius 2 is 0.800 bits per heavy atom. The van der Waals surface area contributed by atoms with Crippen LogP contribution in [0.15, 0.2) is 209 Å². The van der Waals surface area contributed by atoms with Crippen molar-refractivity contribution in [2.45, 2.75) is 0 Å². The fourth-order valence-electron chi connectivity index (χ4n) is 8.20. The second-order valence-corrected chi connectivity index (χ2v) is 14.1. The quantitative estimate of drug-likeness (QED) is 0.173. The summed E-state index contributed by atoms with van der Waals surface area (Å²) in [6.45, 7) is 0. The van der Waals surface area contributed by atoms with E-state index in [-0.39, 0.29) is 0 Å². The summed E-state index contributed by atoms with van der Waals surface area (Å²) in [5, 5.41) is 6.68. The number of rotatable bonds is 6. The van der Waals surface area contributed by atoms with Crippen molar-refractivity contribution in [2.75, 3.05) is 4.90 Å². The number of para-hydroxylation sites is 2. The summed E-state index contributed by atoms with van der Waals surface area (Å²) in [7, 11) is 0. The molecule has 2 heterocycles. The second-order valence-electron chi connectivity index (χ2n) is 14.1. The molecule has 0 aliphatic carbocycles. The van der Waals surface area contributed by atoms with Gasteiger partial charge in [0.15, 0.2) is 0 Å². The van der Waals surface area contributed by atoms with Gasteiger partial charge in [-0.3, -0.25) is 0 Å². The van der Waals surface area contributed by atoms with Crippen LogP contribution in [-0.2, 0) is 0 Å². The molecule has 0 atom stereocenters. The molecule has 2 aromatic heterocycles. The third-order valence-corrected chi connectivity index (χ3v) is 10.8. The van der Waals surface area contributed by atoms with Crippen molar-refractivity contribution in [1.82, 2.24) is 0 Å². The Bertz CT molecular complexity index is 3120. The molecular weight excluding hydrogens is 671 g/mol. The zero-order valence-electron chi connectivity index (χ0n) is 29.8. The van der Waals surface area contributed by atoms with E-state index in [0.717, 1.165) is 77.6 Å². The van der Waals surface area contributed by atoms with Crippen LogP contribution in [-0.4, -0.2) is 0 Å². The molecule has 0 fully saturated rings. The Labute approximate surface area is 317 Å². The molecule has 0 aliphatic rings. The molecule has 258 valence electrons. The lowest BCUT2D eigenvalue weighted by Gasteiger charge is -2.28. The summed E-state index contributed by atoms with van der Waals surface area (Å²) >= 11 is 0. The maximum absolute atomic E-state index is 6.59. The number of hydrogen-bond donors (Lipinski definition) is 0. The molecule has 0 unspecified atom stereocenters. The van der Waals surface area contributed by atoms with E-state index in [4.69, 9.17) is 8.83 Å². The van der Waals surface area contributed by atoms with Gasteiger partial charge in [0.05, 0.1) is 16.5 Å². The van der Waals surface area contributed by atoms with Crippen molar-refractivity contribution < 1.29 is 8.83 Å². The molecule has 0 N–H and O–H groups in total. The fraction of sp³-hybridized carbons (Fsp3) is 0. The zero-order valence-corrected chi connectivity index (χ0v) is 29.8. The topological polar surface area (TPSA) is 29.5 Å². The number of anilines is 3. The number of furan rings is 2. The fourth-order valence-corrected chi connectivity index (χ4v) is 8.20. The van der Waals surface area contributed by atoms with Crippen LogP contribution in [0.1, 0.15) is 0 Å². The summed E-state index contributed by atoms with van der Waals surface area (Å²) < 4.78 is 13.2. The minimum atomic E-state index is 0.784. The molecule has 0 radical (unpaired) electrons. The lowest BCUT2D eigenvalue weighted by molar-refractivity contribution is 0.656. The lowest BCUT2D eigenvalue weighted by Crippen LogP contribution is -2.11. The Morgan fingerprint density at radius 1 is 0.291 bits per heavy atom. The van der Waals surface area contributed by atoms with E-state index in [1.807, 2.05) is 24.3 Å². The van der Waals surface area contributed by atoms with E-state index in [0.29, 0.717) is 0 Å². The smallest absolute Gasteiger partial charge is 0.141 e. The molecular formula is C52H33NO2. The summed E-state index contributed by atoms with van der Waals surface area (Å²) in [4.78, 5) is 2.39. The standard InChI is InChI=1S/C52H33NO2/c1-2-12-34(13-3-1)38-16-10-17-39(30-38)40-18-11-19-43(32-40)53(42-28-26-36(27-29-42)41-25-24-35-14-4-5-15-37(35)31-41)52-50-44-20-6-8-22-46(44)54-48(50)33-49-51(52)45-21-7-9-23-47(45)55-49/h1-33H. The first kappa shape index (κ1) is 31.2. The number of nitrogens with zero attached hydrogens (tertiary/aromatic N) is 1. The van der Waals surface area contributed by atoms with Gasteiger partial charge in [0.1, 0.15) is 22.3 Å². The maximum atomic E-state index is 6.59. The molecule has 11 aromatic rings. The Morgan fingerprint density at radius 3 is 1.51 bits per heavy atom. The molecule has 0 amide bonds. The van der Waals surface area contributed by atoms with Crippen molar-refractivity contribution in [2.24, 2.45) is 0 Å². The van der Waals surface area contributed by atoms with Gasteiger partial charge in [0.25, 0.3) is 0 Å². The number of benzene rings is 9. The van der Waals surface area contributed by atoms with E-state index < -0.39 is 0 Å². The van der Waals surface area contributed by atoms with Crippen LogP contribution in [0.5, 0.6) is 0 Å². The molecule has 0 spiro atoms. The first-order valence-corrected chi connectivity index (χ1v) is 18.7. The van der Waals surface area contributed by atoms with E-state index in [9.17, 15) is 0 Å². The highest BCUT2D eigenvalue weighted by Crippen LogP contribution is 2.50. The highest BCUT2D eigenvalue weighted by atomic mass is 16.3. The van der Waals surface area contributed by atoms with Gasteiger partial charge < -0.3 is 13.7 Å². The molecule has 0 aliphatic heterocycles. The van der Waals surface area contributed by atoms with Crippen LogP contribution in [0.4, 0.5) is 17.1 Å². The molecule has 3 heteroatoms. The van der Waals surface area contributed by atoms with Crippen molar-refractivity contribution in [3.8, 4) is 33.4 Å². The van der Waals surface area contributed by atoms with E-state index >= 15 is 0 Å². The summed E-state index contributed by atoms with van der Waals surface area (Å²) in [6, 6.07) is 71.1. The third-order valence-electron chi connectivity index (χ3n) is 10.8. The average molecular weight is 704 g/mol. The summed E-state index contributed by atoms with van der Waals surface area (Å²) in [6.07, 6.45) is 0. The molecule has 0 saturated carbocycles. The largest absolute Gasteiger partial charge is 0.456 e. The predicted molar refractivity (Wildman–Crippen MR) is 229 cm³/mol. The highest BCUT2D eigenvalue weighted by molar-refractivity contribution is 6.26.